The van der Waals surface area contributed by atoms with Gasteiger partial charge in [0.1, 0.15) is 0 Å². The number of halogens is 1. The summed E-state index contributed by atoms with van der Waals surface area (Å²) in [5, 5.41) is 12.1. The van der Waals surface area contributed by atoms with E-state index in [2.05, 4.69) is 19.2 Å². The van der Waals surface area contributed by atoms with E-state index in [0.29, 0.717) is 5.56 Å². The molecule has 1 aliphatic rings. The third-order valence-electron chi connectivity index (χ3n) is 2.72. The lowest BCUT2D eigenvalue weighted by Crippen LogP contribution is -2.19. The second-order valence-electron chi connectivity index (χ2n) is 4.30. The molecule has 0 saturated heterocycles. The molecule has 0 spiro atoms. The van der Waals surface area contributed by atoms with Crippen LogP contribution in [0.25, 0.3) is 0 Å². The molecule has 0 aliphatic carbocycles. The minimum atomic E-state index is -0.865. The number of rotatable bonds is 1. The van der Waals surface area contributed by atoms with Crippen LogP contribution in [0.3, 0.4) is 0 Å². The van der Waals surface area contributed by atoms with Crippen molar-refractivity contribution in [2.24, 2.45) is 0 Å². The Balaban J connectivity index is 0.00000112. The minimum Gasteiger partial charge on any atom is -0.478 e. The first-order valence-electron chi connectivity index (χ1n) is 4.62. The van der Waals surface area contributed by atoms with E-state index in [-0.39, 0.29) is 17.8 Å². The summed E-state index contributed by atoms with van der Waals surface area (Å²) in [6.07, 6.45) is 0. The molecule has 3 nitrogen and oxygen atoms in total. The predicted molar refractivity (Wildman–Crippen MR) is 62.2 cm³/mol. The Labute approximate surface area is 94.9 Å². The van der Waals surface area contributed by atoms with E-state index >= 15 is 0 Å². The second kappa shape index (κ2) is 3.74. The molecule has 0 saturated carbocycles. The fraction of sp³-hybridized carbons (Fsp3) is 0.364. The average Bonchev–Trinajstić information content (AvgIpc) is 2.42. The minimum absolute atomic E-state index is 0. The van der Waals surface area contributed by atoms with E-state index in [1.54, 1.807) is 12.1 Å². The summed E-state index contributed by atoms with van der Waals surface area (Å²) >= 11 is 0. The molecule has 0 amide bonds. The highest BCUT2D eigenvalue weighted by molar-refractivity contribution is 5.89. The number of aromatic carboxylic acids is 1. The highest BCUT2D eigenvalue weighted by atomic mass is 35.5. The summed E-state index contributed by atoms with van der Waals surface area (Å²) in [4.78, 5) is 10.8. The molecule has 2 N–H and O–H groups in total. The van der Waals surface area contributed by atoms with Crippen LogP contribution in [0.4, 0.5) is 5.69 Å². The molecule has 0 atom stereocenters. The number of carbonyl (C=O) groups is 1. The van der Waals surface area contributed by atoms with Crippen molar-refractivity contribution < 1.29 is 9.90 Å². The van der Waals surface area contributed by atoms with Gasteiger partial charge in [-0.05, 0) is 23.8 Å². The zero-order valence-corrected chi connectivity index (χ0v) is 9.52. The van der Waals surface area contributed by atoms with Gasteiger partial charge in [-0.2, -0.15) is 0 Å². The SMILES string of the molecule is CC1(C)CNc2ccc(C(=O)O)cc21.Cl. The average molecular weight is 228 g/mol. The number of fused-ring (bicyclic) bond motifs is 1. The van der Waals surface area contributed by atoms with Crippen LogP contribution in [0.2, 0.25) is 0 Å². The summed E-state index contributed by atoms with van der Waals surface area (Å²) in [6, 6.07) is 5.24. The number of nitrogens with one attached hydrogen (secondary N) is 1. The Morgan fingerprint density at radius 1 is 1.47 bits per heavy atom. The summed E-state index contributed by atoms with van der Waals surface area (Å²) in [6.45, 7) is 5.08. The molecule has 1 heterocycles. The van der Waals surface area contributed by atoms with Crippen LogP contribution in [0.5, 0.6) is 0 Å². The topological polar surface area (TPSA) is 49.3 Å². The smallest absolute Gasteiger partial charge is 0.335 e. The van der Waals surface area contributed by atoms with E-state index in [9.17, 15) is 4.79 Å². The maximum atomic E-state index is 10.8. The predicted octanol–water partition coefficient (Wildman–Crippen LogP) is 2.51. The maximum Gasteiger partial charge on any atom is 0.335 e. The lowest BCUT2D eigenvalue weighted by Gasteiger charge is -2.17. The quantitative estimate of drug-likeness (QED) is 0.775. The van der Waals surface area contributed by atoms with Crippen LogP contribution in [-0.2, 0) is 5.41 Å². The molecule has 1 aliphatic heterocycles. The van der Waals surface area contributed by atoms with Crippen LogP contribution in [0, 0.1) is 0 Å². The van der Waals surface area contributed by atoms with Gasteiger partial charge in [-0.25, -0.2) is 4.79 Å². The van der Waals surface area contributed by atoms with Crippen LogP contribution in [0.15, 0.2) is 18.2 Å². The van der Waals surface area contributed by atoms with Gasteiger partial charge < -0.3 is 10.4 Å². The number of carboxylic acids is 1. The Morgan fingerprint density at radius 2 is 2.13 bits per heavy atom. The molecule has 0 aromatic heterocycles. The van der Waals surface area contributed by atoms with Crippen molar-refractivity contribution >= 4 is 24.1 Å². The van der Waals surface area contributed by atoms with Gasteiger partial charge in [-0.15, -0.1) is 12.4 Å². The largest absolute Gasteiger partial charge is 0.478 e. The first-order chi connectivity index (χ1) is 6.50. The summed E-state index contributed by atoms with van der Waals surface area (Å²) < 4.78 is 0. The van der Waals surface area contributed by atoms with E-state index in [0.717, 1.165) is 17.8 Å². The van der Waals surface area contributed by atoms with Gasteiger partial charge in [0.15, 0.2) is 0 Å². The zero-order chi connectivity index (χ0) is 10.3. The molecule has 0 unspecified atom stereocenters. The molecule has 0 radical (unpaired) electrons. The van der Waals surface area contributed by atoms with Crippen LogP contribution in [0.1, 0.15) is 29.8 Å². The van der Waals surface area contributed by atoms with Gasteiger partial charge in [0.2, 0.25) is 0 Å². The summed E-state index contributed by atoms with van der Waals surface area (Å²) in [5.41, 5.74) is 2.54. The second-order valence-corrected chi connectivity index (χ2v) is 4.30. The summed E-state index contributed by atoms with van der Waals surface area (Å²) in [7, 11) is 0. The third-order valence-corrected chi connectivity index (χ3v) is 2.72. The fourth-order valence-corrected chi connectivity index (χ4v) is 1.80. The number of hydrogen-bond donors (Lipinski definition) is 2. The lowest BCUT2D eigenvalue weighted by atomic mass is 9.86. The number of hydrogen-bond acceptors (Lipinski definition) is 2. The van der Waals surface area contributed by atoms with Gasteiger partial charge in [-0.1, -0.05) is 13.8 Å². The zero-order valence-electron chi connectivity index (χ0n) is 8.70. The summed E-state index contributed by atoms with van der Waals surface area (Å²) in [5.74, 6) is -0.865. The van der Waals surface area contributed by atoms with Crippen LogP contribution in [-0.4, -0.2) is 17.6 Å². The van der Waals surface area contributed by atoms with Crippen molar-refractivity contribution in [2.75, 3.05) is 11.9 Å². The fourth-order valence-electron chi connectivity index (χ4n) is 1.80. The number of carboxylic acid groups (broad SMARTS) is 1. The van der Waals surface area contributed by atoms with Crippen molar-refractivity contribution in [3.05, 3.63) is 29.3 Å². The molecule has 0 bridgehead atoms. The normalized spacial score (nSPS) is 16.1. The molecule has 15 heavy (non-hydrogen) atoms. The number of anilines is 1. The van der Waals surface area contributed by atoms with Crippen molar-refractivity contribution in [2.45, 2.75) is 19.3 Å². The molecule has 2 rings (SSSR count). The molecule has 82 valence electrons. The van der Waals surface area contributed by atoms with Gasteiger partial charge in [0, 0.05) is 17.6 Å². The lowest BCUT2D eigenvalue weighted by molar-refractivity contribution is 0.0697. The first kappa shape index (κ1) is 11.9. The van der Waals surface area contributed by atoms with Gasteiger partial charge >= 0.3 is 5.97 Å². The third kappa shape index (κ3) is 1.92. The van der Waals surface area contributed by atoms with Gasteiger partial charge in [0.25, 0.3) is 0 Å². The Morgan fingerprint density at radius 3 is 2.73 bits per heavy atom. The van der Waals surface area contributed by atoms with Crippen molar-refractivity contribution in [1.82, 2.24) is 0 Å². The Bertz CT molecular complexity index is 402. The van der Waals surface area contributed by atoms with E-state index in [4.69, 9.17) is 5.11 Å². The standard InChI is InChI=1S/C11H13NO2.ClH/c1-11(2)6-12-9-4-3-7(10(13)14)5-8(9)11;/h3-5,12H,6H2,1-2H3,(H,13,14);1H. The highest BCUT2D eigenvalue weighted by Gasteiger charge is 2.30. The first-order valence-corrected chi connectivity index (χ1v) is 4.62. The number of benzene rings is 1. The van der Waals surface area contributed by atoms with E-state index in [1.165, 1.54) is 0 Å². The van der Waals surface area contributed by atoms with Crippen LogP contribution >= 0.6 is 12.4 Å². The van der Waals surface area contributed by atoms with E-state index in [1.807, 2.05) is 6.07 Å². The molecule has 1 aromatic rings. The van der Waals surface area contributed by atoms with Gasteiger partial charge in [-0.3, -0.25) is 0 Å². The Kier molecular flexibility index (Phi) is 2.95. The highest BCUT2D eigenvalue weighted by Crippen LogP contribution is 2.36. The molecule has 4 heteroatoms. The van der Waals surface area contributed by atoms with Crippen molar-refractivity contribution in [1.29, 1.82) is 0 Å². The molecular weight excluding hydrogens is 214 g/mol. The molecular formula is C11H14ClNO2. The monoisotopic (exact) mass is 227 g/mol. The van der Waals surface area contributed by atoms with Crippen molar-refractivity contribution in [3.8, 4) is 0 Å². The van der Waals surface area contributed by atoms with Crippen LogP contribution < -0.4 is 5.32 Å². The van der Waals surface area contributed by atoms with E-state index < -0.39 is 5.97 Å². The van der Waals surface area contributed by atoms with Crippen molar-refractivity contribution in [3.63, 3.8) is 0 Å². The van der Waals surface area contributed by atoms with Gasteiger partial charge in [0.05, 0.1) is 5.56 Å². The molecule has 0 fully saturated rings. The Hall–Kier alpha value is -1.22. The maximum absolute atomic E-state index is 10.8. The molecule has 1 aromatic carbocycles.